The standard InChI is InChI=1S/C16H13ClF3NO3/c1-23-11-5-9(6-12(8-11)24-2)15(22)21-14-4-3-10(7-13(14)17)16(18,19)20/h3-8H,1-2H3,(H,21,22). The molecule has 0 aliphatic carbocycles. The van der Waals surface area contributed by atoms with Crippen LogP contribution in [0.25, 0.3) is 0 Å². The predicted octanol–water partition coefficient (Wildman–Crippen LogP) is 4.63. The molecular formula is C16H13ClF3NO3. The van der Waals surface area contributed by atoms with E-state index in [0.29, 0.717) is 11.5 Å². The fourth-order valence-electron chi connectivity index (χ4n) is 1.93. The number of benzene rings is 2. The van der Waals surface area contributed by atoms with Crippen LogP contribution in [0.4, 0.5) is 18.9 Å². The maximum absolute atomic E-state index is 12.6. The van der Waals surface area contributed by atoms with Crippen molar-refractivity contribution in [2.45, 2.75) is 6.18 Å². The molecule has 24 heavy (non-hydrogen) atoms. The predicted molar refractivity (Wildman–Crippen MR) is 84.0 cm³/mol. The van der Waals surface area contributed by atoms with Gasteiger partial charge in [-0.15, -0.1) is 0 Å². The summed E-state index contributed by atoms with van der Waals surface area (Å²) < 4.78 is 48.0. The highest BCUT2D eigenvalue weighted by Crippen LogP contribution is 2.34. The summed E-state index contributed by atoms with van der Waals surface area (Å²) in [6.45, 7) is 0. The summed E-state index contributed by atoms with van der Waals surface area (Å²) in [4.78, 5) is 12.3. The highest BCUT2D eigenvalue weighted by Gasteiger charge is 2.31. The maximum Gasteiger partial charge on any atom is 0.416 e. The van der Waals surface area contributed by atoms with Crippen LogP contribution in [0.5, 0.6) is 11.5 Å². The van der Waals surface area contributed by atoms with Gasteiger partial charge in [-0.25, -0.2) is 0 Å². The SMILES string of the molecule is COc1cc(OC)cc(C(=O)Nc2ccc(C(F)(F)F)cc2Cl)c1. The Morgan fingerprint density at radius 2 is 1.62 bits per heavy atom. The van der Waals surface area contributed by atoms with Gasteiger partial charge in [0.15, 0.2) is 0 Å². The molecule has 0 saturated heterocycles. The van der Waals surface area contributed by atoms with Gasteiger partial charge >= 0.3 is 6.18 Å². The highest BCUT2D eigenvalue weighted by atomic mass is 35.5. The Balaban J connectivity index is 2.27. The minimum atomic E-state index is -4.51. The summed E-state index contributed by atoms with van der Waals surface area (Å²) in [7, 11) is 2.87. The largest absolute Gasteiger partial charge is 0.497 e. The molecule has 1 N–H and O–H groups in total. The first-order chi connectivity index (χ1) is 11.2. The molecule has 0 unspecified atom stereocenters. The number of carbonyl (C=O) groups excluding carboxylic acids is 1. The van der Waals surface area contributed by atoms with Crippen molar-refractivity contribution >= 4 is 23.2 Å². The Morgan fingerprint density at radius 1 is 1.04 bits per heavy atom. The molecule has 2 aromatic rings. The maximum atomic E-state index is 12.6. The summed E-state index contributed by atoms with van der Waals surface area (Å²) in [5.74, 6) is 0.241. The van der Waals surface area contributed by atoms with Gasteiger partial charge in [-0.3, -0.25) is 4.79 Å². The van der Waals surface area contributed by atoms with Crippen LogP contribution < -0.4 is 14.8 Å². The zero-order valence-corrected chi connectivity index (χ0v) is 13.5. The number of hydrogen-bond donors (Lipinski definition) is 1. The van der Waals surface area contributed by atoms with Gasteiger partial charge in [-0.05, 0) is 30.3 Å². The molecule has 1 amide bonds. The minimum absolute atomic E-state index is 0.0662. The third kappa shape index (κ3) is 4.11. The number of methoxy groups -OCH3 is 2. The lowest BCUT2D eigenvalue weighted by Gasteiger charge is -2.12. The van der Waals surface area contributed by atoms with Gasteiger partial charge in [-0.2, -0.15) is 13.2 Å². The van der Waals surface area contributed by atoms with E-state index in [1.807, 2.05) is 0 Å². The van der Waals surface area contributed by atoms with Crippen LogP contribution in [-0.4, -0.2) is 20.1 Å². The monoisotopic (exact) mass is 359 g/mol. The Hall–Kier alpha value is -2.41. The second-order valence-electron chi connectivity index (χ2n) is 4.75. The minimum Gasteiger partial charge on any atom is -0.497 e. The van der Waals surface area contributed by atoms with Crippen molar-refractivity contribution in [2.24, 2.45) is 0 Å². The van der Waals surface area contributed by atoms with Crippen molar-refractivity contribution < 1.29 is 27.4 Å². The van der Waals surface area contributed by atoms with Crippen molar-refractivity contribution in [2.75, 3.05) is 19.5 Å². The van der Waals surface area contributed by atoms with Crippen molar-refractivity contribution in [3.05, 3.63) is 52.5 Å². The summed E-state index contributed by atoms with van der Waals surface area (Å²) in [5.41, 5.74) is -0.618. The fourth-order valence-corrected chi connectivity index (χ4v) is 2.15. The van der Waals surface area contributed by atoms with Gasteiger partial charge in [0.2, 0.25) is 0 Å². The normalized spacial score (nSPS) is 11.1. The van der Waals surface area contributed by atoms with E-state index in [9.17, 15) is 18.0 Å². The zero-order valence-electron chi connectivity index (χ0n) is 12.7. The lowest BCUT2D eigenvalue weighted by atomic mass is 10.1. The Labute approximate surface area is 141 Å². The van der Waals surface area contributed by atoms with Crippen LogP contribution in [0.2, 0.25) is 5.02 Å². The second-order valence-corrected chi connectivity index (χ2v) is 5.16. The summed E-state index contributed by atoms with van der Waals surface area (Å²) in [6.07, 6.45) is -4.51. The van der Waals surface area contributed by atoms with Crippen LogP contribution in [0.3, 0.4) is 0 Å². The summed E-state index contributed by atoms with van der Waals surface area (Å²) >= 11 is 5.82. The number of hydrogen-bond acceptors (Lipinski definition) is 3. The van der Waals surface area contributed by atoms with Crippen molar-refractivity contribution in [1.29, 1.82) is 0 Å². The quantitative estimate of drug-likeness (QED) is 0.866. The first kappa shape index (κ1) is 17.9. The van der Waals surface area contributed by atoms with Crippen molar-refractivity contribution in [3.63, 3.8) is 0 Å². The molecule has 128 valence electrons. The van der Waals surface area contributed by atoms with E-state index in [0.717, 1.165) is 18.2 Å². The average molecular weight is 360 g/mol. The van der Waals surface area contributed by atoms with Crippen LogP contribution in [-0.2, 0) is 6.18 Å². The van der Waals surface area contributed by atoms with E-state index >= 15 is 0 Å². The molecule has 2 rings (SSSR count). The Bertz CT molecular complexity index is 740. The highest BCUT2D eigenvalue weighted by molar-refractivity contribution is 6.34. The molecule has 0 spiro atoms. The molecule has 0 aliphatic rings. The van der Waals surface area contributed by atoms with E-state index in [1.165, 1.54) is 26.4 Å². The molecule has 0 aromatic heterocycles. The van der Waals surface area contributed by atoms with Gasteiger partial charge in [0.1, 0.15) is 11.5 Å². The molecule has 0 bridgehead atoms. The molecule has 0 fully saturated rings. The molecule has 4 nitrogen and oxygen atoms in total. The molecule has 8 heteroatoms. The van der Waals surface area contributed by atoms with Crippen LogP contribution >= 0.6 is 11.6 Å². The number of nitrogens with one attached hydrogen (secondary N) is 1. The topological polar surface area (TPSA) is 47.6 Å². The van der Waals surface area contributed by atoms with E-state index < -0.39 is 17.6 Å². The van der Waals surface area contributed by atoms with Crippen molar-refractivity contribution in [1.82, 2.24) is 0 Å². The first-order valence-corrected chi connectivity index (χ1v) is 7.03. The van der Waals surface area contributed by atoms with E-state index in [2.05, 4.69) is 5.32 Å². The van der Waals surface area contributed by atoms with Gasteiger partial charge in [-0.1, -0.05) is 11.6 Å². The molecule has 2 aromatic carbocycles. The molecule has 0 heterocycles. The third-order valence-electron chi connectivity index (χ3n) is 3.16. The van der Waals surface area contributed by atoms with Crippen molar-refractivity contribution in [3.8, 4) is 11.5 Å². The second kappa shape index (κ2) is 7.00. The lowest BCUT2D eigenvalue weighted by Crippen LogP contribution is -2.13. The van der Waals surface area contributed by atoms with Gasteiger partial charge in [0, 0.05) is 11.6 Å². The molecule has 0 saturated carbocycles. The first-order valence-electron chi connectivity index (χ1n) is 6.65. The number of anilines is 1. The number of amides is 1. The van der Waals surface area contributed by atoms with Gasteiger partial charge in [0.05, 0.1) is 30.5 Å². The molecule has 0 radical (unpaired) electrons. The van der Waals surface area contributed by atoms with Crippen LogP contribution in [0.15, 0.2) is 36.4 Å². The number of carbonyl (C=O) groups is 1. The van der Waals surface area contributed by atoms with E-state index in [1.54, 1.807) is 6.07 Å². The number of rotatable bonds is 4. The molecule has 0 aliphatic heterocycles. The molecule has 0 atom stereocenters. The molecular weight excluding hydrogens is 347 g/mol. The Morgan fingerprint density at radius 3 is 2.08 bits per heavy atom. The van der Waals surface area contributed by atoms with E-state index in [-0.39, 0.29) is 16.3 Å². The van der Waals surface area contributed by atoms with Crippen LogP contribution in [0.1, 0.15) is 15.9 Å². The summed E-state index contributed by atoms with van der Waals surface area (Å²) in [5, 5.41) is 2.24. The number of halogens is 4. The number of alkyl halides is 3. The summed E-state index contributed by atoms with van der Waals surface area (Å²) in [6, 6.07) is 7.21. The fraction of sp³-hybridized carbons (Fsp3) is 0.188. The van der Waals surface area contributed by atoms with Crippen LogP contribution in [0, 0.1) is 0 Å². The van der Waals surface area contributed by atoms with Gasteiger partial charge in [0.25, 0.3) is 5.91 Å². The number of ether oxygens (including phenoxy) is 2. The smallest absolute Gasteiger partial charge is 0.416 e. The van der Waals surface area contributed by atoms with Gasteiger partial charge < -0.3 is 14.8 Å². The average Bonchev–Trinajstić information content (AvgIpc) is 2.55. The zero-order chi connectivity index (χ0) is 17.9. The lowest BCUT2D eigenvalue weighted by molar-refractivity contribution is -0.137. The Kier molecular flexibility index (Phi) is 5.23. The van der Waals surface area contributed by atoms with E-state index in [4.69, 9.17) is 21.1 Å². The third-order valence-corrected chi connectivity index (χ3v) is 3.47.